The van der Waals surface area contributed by atoms with Gasteiger partial charge in [0.15, 0.2) is 6.29 Å². The number of carbonyl (C=O) groups excluding carboxylic acids is 4. The summed E-state index contributed by atoms with van der Waals surface area (Å²) in [5.74, 6) is -1.63. The summed E-state index contributed by atoms with van der Waals surface area (Å²) in [6.07, 6.45) is 1.71. The zero-order valence-corrected chi connectivity index (χ0v) is 25.4. The monoisotopic (exact) mass is 556 g/mol. The first-order valence-electron chi connectivity index (χ1n) is 14.2. The van der Waals surface area contributed by atoms with Crippen LogP contribution in [0.1, 0.15) is 86.5 Å². The molecular weight excluding hydrogens is 504 g/mol. The number of ether oxygens (including phenoxy) is 4. The van der Waals surface area contributed by atoms with E-state index in [2.05, 4.69) is 4.90 Å². The van der Waals surface area contributed by atoms with Crippen molar-refractivity contribution >= 4 is 23.9 Å². The summed E-state index contributed by atoms with van der Waals surface area (Å²) in [7, 11) is 5.59. The normalized spacial score (nSPS) is 25.1. The summed E-state index contributed by atoms with van der Waals surface area (Å²) in [6.45, 7) is 11.0. The van der Waals surface area contributed by atoms with Crippen LogP contribution in [0.25, 0.3) is 0 Å². The Morgan fingerprint density at radius 3 is 2.31 bits per heavy atom. The molecule has 0 spiro atoms. The minimum atomic E-state index is -1.02. The van der Waals surface area contributed by atoms with Gasteiger partial charge in [-0.05, 0) is 66.5 Å². The Labute approximate surface area is 234 Å². The fourth-order valence-corrected chi connectivity index (χ4v) is 5.57. The molecule has 226 valence electrons. The summed E-state index contributed by atoms with van der Waals surface area (Å²) >= 11 is 0. The second kappa shape index (κ2) is 16.4. The molecule has 0 aromatic carbocycles. The Morgan fingerprint density at radius 2 is 1.79 bits per heavy atom. The standard InChI is InChI=1S/C29H52N2O8/c1-10-24(36-9)29(6,39-28(30)35)14-13-23(33)12-11-18(2)27(21(5)26(34)19(3)17-32)38-25-16-22(31(7)8)15-20(4)37-25/h17-22,24-25,27H,10-16H2,1-9H3,(H2,30,35)/t18?,19?,20?,21?,22?,24?,25?,27-,29-/m0/s1. The molecule has 9 atom stereocenters. The lowest BCUT2D eigenvalue weighted by Crippen LogP contribution is -2.46. The third-order valence-corrected chi connectivity index (χ3v) is 8.10. The van der Waals surface area contributed by atoms with Crippen molar-refractivity contribution in [3.8, 4) is 0 Å². The molecule has 0 aromatic heterocycles. The zero-order valence-electron chi connectivity index (χ0n) is 25.4. The van der Waals surface area contributed by atoms with Crippen LogP contribution in [0.3, 0.4) is 0 Å². The fourth-order valence-electron chi connectivity index (χ4n) is 5.57. The van der Waals surface area contributed by atoms with Gasteiger partial charge in [-0.25, -0.2) is 4.79 Å². The number of carbonyl (C=O) groups is 4. The number of Topliss-reactive ketones (excluding diaryl/α,β-unsaturated/α-hetero) is 2. The van der Waals surface area contributed by atoms with Gasteiger partial charge in [-0.2, -0.15) is 0 Å². The van der Waals surface area contributed by atoms with E-state index in [0.29, 0.717) is 25.5 Å². The van der Waals surface area contributed by atoms with E-state index >= 15 is 0 Å². The van der Waals surface area contributed by atoms with Crippen LogP contribution in [-0.2, 0) is 33.3 Å². The number of ketones is 2. The van der Waals surface area contributed by atoms with E-state index < -0.39 is 42.0 Å². The molecular formula is C29H52N2O8. The van der Waals surface area contributed by atoms with E-state index in [1.54, 1.807) is 20.8 Å². The summed E-state index contributed by atoms with van der Waals surface area (Å²) < 4.78 is 23.4. The number of hydrogen-bond donors (Lipinski definition) is 1. The molecule has 0 saturated carbocycles. The first-order chi connectivity index (χ1) is 18.2. The average Bonchev–Trinajstić information content (AvgIpc) is 2.87. The van der Waals surface area contributed by atoms with Gasteiger partial charge in [-0.15, -0.1) is 0 Å². The van der Waals surface area contributed by atoms with Crippen LogP contribution in [-0.4, -0.2) is 86.3 Å². The molecule has 1 rings (SSSR count). The minimum absolute atomic E-state index is 0.00120. The Bertz CT molecular complexity index is 802. The number of aldehydes is 1. The number of primary amides is 1. The minimum Gasteiger partial charge on any atom is -0.441 e. The van der Waals surface area contributed by atoms with Crippen molar-refractivity contribution in [2.45, 2.75) is 123 Å². The molecule has 10 heteroatoms. The van der Waals surface area contributed by atoms with Crippen LogP contribution < -0.4 is 5.73 Å². The summed E-state index contributed by atoms with van der Waals surface area (Å²) in [6, 6.07) is 0.284. The second-order valence-electron chi connectivity index (χ2n) is 11.6. The second-order valence-corrected chi connectivity index (χ2v) is 11.6. The lowest BCUT2D eigenvalue weighted by Gasteiger charge is -2.40. The maximum Gasteiger partial charge on any atom is 0.405 e. The lowest BCUT2D eigenvalue weighted by molar-refractivity contribution is -0.236. The third kappa shape index (κ3) is 10.9. The van der Waals surface area contributed by atoms with Gasteiger partial charge in [-0.1, -0.05) is 20.8 Å². The number of amides is 1. The SMILES string of the molecule is CCC(OC)[C@](C)(CCC(=O)CCC(C)[C@H](OC1CC(N(C)C)CC(C)O1)C(C)C(=O)C(C)C=O)OC(N)=O. The Kier molecular flexibility index (Phi) is 14.8. The molecule has 1 aliphatic rings. The molecule has 1 fully saturated rings. The van der Waals surface area contributed by atoms with E-state index in [1.807, 2.05) is 34.9 Å². The zero-order chi connectivity index (χ0) is 29.9. The fraction of sp³-hybridized carbons (Fsp3) is 0.862. The first-order valence-corrected chi connectivity index (χ1v) is 14.2. The van der Waals surface area contributed by atoms with Crippen molar-refractivity contribution in [2.75, 3.05) is 21.2 Å². The molecule has 1 heterocycles. The number of methoxy groups -OCH3 is 1. The van der Waals surface area contributed by atoms with Crippen molar-refractivity contribution in [2.24, 2.45) is 23.5 Å². The van der Waals surface area contributed by atoms with Gasteiger partial charge in [0.2, 0.25) is 0 Å². The molecule has 1 aliphatic heterocycles. The van der Waals surface area contributed by atoms with Gasteiger partial charge in [0, 0.05) is 38.3 Å². The molecule has 0 bridgehead atoms. The predicted molar refractivity (Wildman–Crippen MR) is 148 cm³/mol. The van der Waals surface area contributed by atoms with Crippen molar-refractivity contribution < 1.29 is 38.1 Å². The first kappa shape index (κ1) is 35.1. The van der Waals surface area contributed by atoms with Crippen molar-refractivity contribution in [3.05, 3.63) is 0 Å². The Morgan fingerprint density at radius 1 is 1.15 bits per heavy atom. The molecule has 2 N–H and O–H groups in total. The van der Waals surface area contributed by atoms with E-state index in [1.165, 1.54) is 7.11 Å². The van der Waals surface area contributed by atoms with Crippen LogP contribution in [0.5, 0.6) is 0 Å². The Hall–Kier alpha value is -1.88. The molecule has 0 aromatic rings. The number of hydrogen-bond acceptors (Lipinski definition) is 9. The van der Waals surface area contributed by atoms with Gasteiger partial charge >= 0.3 is 6.09 Å². The molecule has 0 radical (unpaired) electrons. The molecule has 10 nitrogen and oxygen atoms in total. The molecule has 0 aliphatic carbocycles. The van der Waals surface area contributed by atoms with Gasteiger partial charge in [-0.3, -0.25) is 9.59 Å². The van der Waals surface area contributed by atoms with Crippen LogP contribution in [0.2, 0.25) is 0 Å². The van der Waals surface area contributed by atoms with Crippen molar-refractivity contribution in [3.63, 3.8) is 0 Å². The highest BCUT2D eigenvalue weighted by molar-refractivity contribution is 5.94. The summed E-state index contributed by atoms with van der Waals surface area (Å²) in [5.41, 5.74) is 4.26. The number of rotatable bonds is 18. The molecule has 39 heavy (non-hydrogen) atoms. The topological polar surface area (TPSA) is 134 Å². The highest BCUT2D eigenvalue weighted by Gasteiger charge is 2.39. The van der Waals surface area contributed by atoms with Crippen LogP contribution in [0.15, 0.2) is 0 Å². The van der Waals surface area contributed by atoms with E-state index in [9.17, 15) is 19.2 Å². The molecule has 7 unspecified atom stereocenters. The smallest absolute Gasteiger partial charge is 0.405 e. The van der Waals surface area contributed by atoms with E-state index in [4.69, 9.17) is 24.7 Å². The van der Waals surface area contributed by atoms with Crippen LogP contribution >= 0.6 is 0 Å². The van der Waals surface area contributed by atoms with E-state index in [-0.39, 0.29) is 48.9 Å². The number of nitrogens with zero attached hydrogens (tertiary/aromatic N) is 1. The van der Waals surface area contributed by atoms with Gasteiger partial charge in [0.25, 0.3) is 0 Å². The highest BCUT2D eigenvalue weighted by Crippen LogP contribution is 2.31. The third-order valence-electron chi connectivity index (χ3n) is 8.10. The Balaban J connectivity index is 2.94. The predicted octanol–water partition coefficient (Wildman–Crippen LogP) is 3.91. The maximum absolute atomic E-state index is 13.0. The quantitative estimate of drug-likeness (QED) is 0.197. The summed E-state index contributed by atoms with van der Waals surface area (Å²) in [5, 5.41) is 0. The van der Waals surface area contributed by atoms with E-state index in [0.717, 1.165) is 6.42 Å². The average molecular weight is 557 g/mol. The molecule has 1 saturated heterocycles. The molecule has 1 amide bonds. The summed E-state index contributed by atoms with van der Waals surface area (Å²) in [4.78, 5) is 50.9. The number of nitrogens with two attached hydrogens (primary N) is 1. The van der Waals surface area contributed by atoms with Gasteiger partial charge in [0.05, 0.1) is 24.2 Å². The highest BCUT2D eigenvalue weighted by atomic mass is 16.7. The maximum atomic E-state index is 13.0. The van der Waals surface area contributed by atoms with Gasteiger partial charge in [0.1, 0.15) is 23.5 Å². The van der Waals surface area contributed by atoms with Crippen molar-refractivity contribution in [1.82, 2.24) is 4.90 Å². The largest absolute Gasteiger partial charge is 0.441 e. The van der Waals surface area contributed by atoms with Crippen molar-refractivity contribution in [1.29, 1.82) is 0 Å². The van der Waals surface area contributed by atoms with Crippen LogP contribution in [0, 0.1) is 17.8 Å². The van der Waals surface area contributed by atoms with Crippen LogP contribution in [0.4, 0.5) is 4.79 Å². The lowest BCUT2D eigenvalue weighted by atomic mass is 9.83. The van der Waals surface area contributed by atoms with Gasteiger partial charge < -0.3 is 34.4 Å².